The lowest BCUT2D eigenvalue weighted by Crippen LogP contribution is -2.22. The summed E-state index contributed by atoms with van der Waals surface area (Å²) >= 11 is 3.45. The molecule has 0 amide bonds. The Bertz CT molecular complexity index is 1090. The number of nitrogens with one attached hydrogen (secondary N) is 2. The summed E-state index contributed by atoms with van der Waals surface area (Å²) in [5.74, 6) is 1.48. The molecule has 0 spiro atoms. The van der Waals surface area contributed by atoms with Gasteiger partial charge in [0.2, 0.25) is 5.58 Å². The smallest absolute Gasteiger partial charge is 0.294 e. The fourth-order valence-electron chi connectivity index (χ4n) is 3.15. The quantitative estimate of drug-likeness (QED) is 0.662. The zero-order valence-corrected chi connectivity index (χ0v) is 15.9. The topological polar surface area (TPSA) is 80.2 Å². The number of nitrogens with zero attached hydrogens (tertiary/aromatic N) is 1. The number of hydrogen-bond acceptors (Lipinski definition) is 5. The molecule has 0 atom stereocenters. The van der Waals surface area contributed by atoms with Crippen molar-refractivity contribution >= 4 is 38.0 Å². The Hall–Kier alpha value is -2.38. The van der Waals surface area contributed by atoms with Crippen LogP contribution in [0, 0.1) is 0 Å². The first-order valence-electron chi connectivity index (χ1n) is 8.41. The Morgan fingerprint density at radius 2 is 2.15 bits per heavy atom. The van der Waals surface area contributed by atoms with Gasteiger partial charge in [-0.05, 0) is 37.1 Å². The number of H-pyrrole nitrogens is 1. The van der Waals surface area contributed by atoms with E-state index in [1.807, 2.05) is 18.2 Å². The van der Waals surface area contributed by atoms with Crippen molar-refractivity contribution in [2.45, 2.75) is 19.4 Å². The molecule has 26 heavy (non-hydrogen) atoms. The summed E-state index contributed by atoms with van der Waals surface area (Å²) in [6.07, 6.45) is 6.28. The molecule has 6 nitrogen and oxygen atoms in total. The first kappa shape index (κ1) is 17.1. The molecule has 134 valence electrons. The summed E-state index contributed by atoms with van der Waals surface area (Å²) in [6.45, 7) is 1.10. The van der Waals surface area contributed by atoms with Crippen LogP contribution in [0.15, 0.2) is 55.4 Å². The molecule has 0 aliphatic heterocycles. The molecule has 1 aromatic carbocycles. The largest absolute Gasteiger partial charge is 0.497 e. The van der Waals surface area contributed by atoms with Crippen molar-refractivity contribution in [3.63, 3.8) is 0 Å². The minimum atomic E-state index is -0.270. The van der Waals surface area contributed by atoms with Gasteiger partial charge in [0, 0.05) is 22.0 Å². The van der Waals surface area contributed by atoms with E-state index in [4.69, 9.17) is 9.15 Å². The fraction of sp³-hybridized carbons (Fsp3) is 0.263. The second kappa shape index (κ2) is 7.09. The highest BCUT2D eigenvalue weighted by molar-refractivity contribution is 9.10. The average molecular weight is 416 g/mol. The second-order valence-electron chi connectivity index (χ2n) is 6.12. The number of ether oxygens (including phenoxy) is 1. The molecule has 2 heterocycles. The van der Waals surface area contributed by atoms with E-state index < -0.39 is 0 Å². The van der Waals surface area contributed by atoms with E-state index in [2.05, 4.69) is 43.4 Å². The highest BCUT2D eigenvalue weighted by Crippen LogP contribution is 2.27. The summed E-state index contributed by atoms with van der Waals surface area (Å²) in [7, 11) is 1.68. The van der Waals surface area contributed by atoms with Crippen molar-refractivity contribution in [1.82, 2.24) is 15.3 Å². The molecule has 2 aromatic heterocycles. The molecule has 0 saturated carbocycles. The summed E-state index contributed by atoms with van der Waals surface area (Å²) in [5, 5.41) is 4.14. The van der Waals surface area contributed by atoms with E-state index in [1.54, 1.807) is 7.11 Å². The Morgan fingerprint density at radius 1 is 1.31 bits per heavy atom. The molecule has 0 radical (unpaired) electrons. The number of fused-ring (bicyclic) bond motifs is 3. The molecule has 0 saturated heterocycles. The van der Waals surface area contributed by atoms with E-state index in [1.165, 1.54) is 0 Å². The van der Waals surface area contributed by atoms with Crippen molar-refractivity contribution in [3.8, 4) is 0 Å². The standard InChI is InChI=1S/C19H18BrN3O3/c1-25-14-5-3-2-4-11(14)9-21-10-16-22-17-13-8-12(20)6-7-15(13)26-18(17)19(24)23-16/h4-8,21H,2-3,9-10H2,1H3,(H,22,23,24). The molecular weight excluding hydrogens is 398 g/mol. The van der Waals surface area contributed by atoms with Crippen molar-refractivity contribution in [1.29, 1.82) is 0 Å². The van der Waals surface area contributed by atoms with Gasteiger partial charge in [0.25, 0.3) is 5.56 Å². The lowest BCUT2D eigenvalue weighted by Gasteiger charge is -2.15. The van der Waals surface area contributed by atoms with Crippen LogP contribution in [0.4, 0.5) is 0 Å². The van der Waals surface area contributed by atoms with Gasteiger partial charge in [-0.1, -0.05) is 22.0 Å². The number of halogens is 1. The van der Waals surface area contributed by atoms with Gasteiger partial charge in [0.15, 0.2) is 0 Å². The first-order valence-corrected chi connectivity index (χ1v) is 9.20. The number of aromatic nitrogens is 2. The number of allylic oxidation sites excluding steroid dienone is 2. The number of hydrogen-bond donors (Lipinski definition) is 2. The lowest BCUT2D eigenvalue weighted by atomic mass is 10.1. The monoisotopic (exact) mass is 415 g/mol. The van der Waals surface area contributed by atoms with Crippen LogP contribution in [-0.2, 0) is 11.3 Å². The van der Waals surface area contributed by atoms with Crippen molar-refractivity contribution < 1.29 is 9.15 Å². The zero-order valence-electron chi connectivity index (χ0n) is 14.3. The highest BCUT2D eigenvalue weighted by atomic mass is 79.9. The number of benzene rings is 1. The second-order valence-corrected chi connectivity index (χ2v) is 7.03. The molecule has 3 aromatic rings. The van der Waals surface area contributed by atoms with Crippen LogP contribution < -0.4 is 10.9 Å². The number of furan rings is 1. The van der Waals surface area contributed by atoms with Crippen molar-refractivity contribution in [2.24, 2.45) is 0 Å². The molecule has 7 heteroatoms. The molecule has 0 bridgehead atoms. The average Bonchev–Trinajstić information content (AvgIpc) is 3.01. The Kier molecular flexibility index (Phi) is 4.65. The molecule has 0 unspecified atom stereocenters. The lowest BCUT2D eigenvalue weighted by molar-refractivity contribution is 0.295. The zero-order chi connectivity index (χ0) is 18.1. The minimum absolute atomic E-state index is 0.251. The summed E-state index contributed by atoms with van der Waals surface area (Å²) in [4.78, 5) is 19.7. The minimum Gasteiger partial charge on any atom is -0.497 e. The van der Waals surface area contributed by atoms with Gasteiger partial charge in [-0.2, -0.15) is 0 Å². The number of aromatic amines is 1. The third kappa shape index (κ3) is 3.20. The Balaban J connectivity index is 1.58. The van der Waals surface area contributed by atoms with E-state index >= 15 is 0 Å². The number of rotatable bonds is 5. The normalized spacial score (nSPS) is 14.5. The fourth-order valence-corrected chi connectivity index (χ4v) is 3.51. The third-order valence-electron chi connectivity index (χ3n) is 4.37. The van der Waals surface area contributed by atoms with Crippen LogP contribution in [0.1, 0.15) is 18.7 Å². The van der Waals surface area contributed by atoms with Crippen molar-refractivity contribution in [2.75, 3.05) is 13.7 Å². The predicted molar refractivity (Wildman–Crippen MR) is 104 cm³/mol. The Morgan fingerprint density at radius 3 is 3.00 bits per heavy atom. The molecular formula is C19H18BrN3O3. The van der Waals surface area contributed by atoms with E-state index in [0.29, 0.717) is 30.0 Å². The van der Waals surface area contributed by atoms with Gasteiger partial charge in [0.1, 0.15) is 22.7 Å². The molecule has 1 aliphatic rings. The van der Waals surface area contributed by atoms with Gasteiger partial charge in [-0.25, -0.2) is 4.98 Å². The van der Waals surface area contributed by atoms with Crippen LogP contribution in [-0.4, -0.2) is 23.6 Å². The summed E-state index contributed by atoms with van der Waals surface area (Å²) < 4.78 is 12.0. The van der Waals surface area contributed by atoms with Crippen molar-refractivity contribution in [3.05, 3.63) is 62.3 Å². The third-order valence-corrected chi connectivity index (χ3v) is 4.86. The van der Waals surface area contributed by atoms with Gasteiger partial charge < -0.3 is 19.5 Å². The predicted octanol–water partition coefficient (Wildman–Crippen LogP) is 3.77. The summed E-state index contributed by atoms with van der Waals surface area (Å²) in [5.41, 5.74) is 2.33. The maximum Gasteiger partial charge on any atom is 0.294 e. The van der Waals surface area contributed by atoms with Gasteiger partial charge >= 0.3 is 0 Å². The van der Waals surface area contributed by atoms with Crippen LogP contribution in [0.3, 0.4) is 0 Å². The van der Waals surface area contributed by atoms with Crippen LogP contribution in [0.2, 0.25) is 0 Å². The maximum absolute atomic E-state index is 12.3. The van der Waals surface area contributed by atoms with Crippen LogP contribution in [0.25, 0.3) is 22.1 Å². The van der Waals surface area contributed by atoms with Gasteiger partial charge in [0.05, 0.1) is 13.7 Å². The van der Waals surface area contributed by atoms with Gasteiger partial charge in [-0.15, -0.1) is 0 Å². The first-order chi connectivity index (χ1) is 12.7. The van der Waals surface area contributed by atoms with Gasteiger partial charge in [-0.3, -0.25) is 4.79 Å². The SMILES string of the molecule is COC1=CCCC=C1CNCc1nc2c(oc3ccc(Br)cc32)c(=O)[nH]1. The molecule has 0 fully saturated rings. The maximum atomic E-state index is 12.3. The van der Waals surface area contributed by atoms with Crippen LogP contribution >= 0.6 is 15.9 Å². The summed E-state index contributed by atoms with van der Waals surface area (Å²) in [6, 6.07) is 5.61. The van der Waals surface area contributed by atoms with E-state index in [0.717, 1.165) is 34.0 Å². The highest BCUT2D eigenvalue weighted by Gasteiger charge is 2.14. The van der Waals surface area contributed by atoms with Crippen LogP contribution in [0.5, 0.6) is 0 Å². The molecule has 2 N–H and O–H groups in total. The number of methoxy groups -OCH3 is 1. The molecule has 4 rings (SSSR count). The van der Waals surface area contributed by atoms with E-state index in [-0.39, 0.29) is 11.1 Å². The molecule has 1 aliphatic carbocycles. The van der Waals surface area contributed by atoms with E-state index in [9.17, 15) is 4.79 Å². The Labute approximate surface area is 158 Å².